The summed E-state index contributed by atoms with van der Waals surface area (Å²) in [4.78, 5) is 26.8. The van der Waals surface area contributed by atoms with Gasteiger partial charge in [0.25, 0.3) is 11.6 Å². The molecule has 0 saturated carbocycles. The number of nitrogens with zero attached hydrogens (tertiary/aromatic N) is 2. The van der Waals surface area contributed by atoms with E-state index in [-0.39, 0.29) is 11.6 Å². The topological polar surface area (TPSA) is 94.4 Å². The van der Waals surface area contributed by atoms with Gasteiger partial charge in [0.15, 0.2) is 0 Å². The highest BCUT2D eigenvalue weighted by atomic mass is 32.1. The van der Waals surface area contributed by atoms with Crippen molar-refractivity contribution >= 4 is 22.9 Å². The van der Waals surface area contributed by atoms with Gasteiger partial charge in [0, 0.05) is 41.6 Å². The summed E-state index contributed by atoms with van der Waals surface area (Å²) in [6.07, 6.45) is 0.611. The summed E-state index contributed by atoms with van der Waals surface area (Å²) in [6.45, 7) is 0.436. The molecule has 0 radical (unpaired) electrons. The minimum absolute atomic E-state index is 0.0413. The number of amides is 1. The van der Waals surface area contributed by atoms with Gasteiger partial charge in [0.2, 0.25) is 0 Å². The van der Waals surface area contributed by atoms with Crippen molar-refractivity contribution in [3.8, 4) is 17.0 Å². The van der Waals surface area contributed by atoms with Crippen LogP contribution < -0.4 is 10.1 Å². The molecule has 8 heteroatoms. The number of methoxy groups -OCH3 is 1. The van der Waals surface area contributed by atoms with E-state index in [0.717, 1.165) is 22.0 Å². The number of thiazole rings is 1. The van der Waals surface area contributed by atoms with Crippen molar-refractivity contribution in [1.82, 2.24) is 10.3 Å². The Labute approximate surface area is 159 Å². The summed E-state index contributed by atoms with van der Waals surface area (Å²) in [7, 11) is 1.63. The maximum Gasteiger partial charge on any atom is 0.269 e. The third-order valence-electron chi connectivity index (χ3n) is 3.90. The standard InChI is InChI=1S/C19H17N3O4S/c1-26-16-8-4-13(5-9-16)17-12-27-18(21-17)10-11-20-19(23)14-2-6-15(7-3-14)22(24)25/h2-9,12H,10-11H2,1H3,(H,20,23). The molecule has 0 aliphatic carbocycles. The molecule has 0 aliphatic rings. The fourth-order valence-corrected chi connectivity index (χ4v) is 3.25. The molecule has 2 aromatic carbocycles. The van der Waals surface area contributed by atoms with Gasteiger partial charge in [0.1, 0.15) is 5.75 Å². The SMILES string of the molecule is COc1ccc(-c2csc(CCNC(=O)c3ccc([N+](=O)[O-])cc3)n2)cc1. The van der Waals surface area contributed by atoms with Crippen LogP contribution >= 0.6 is 11.3 Å². The van der Waals surface area contributed by atoms with Crippen molar-refractivity contribution < 1.29 is 14.5 Å². The first-order valence-electron chi connectivity index (χ1n) is 8.18. The van der Waals surface area contributed by atoms with Crippen LogP contribution in [0, 0.1) is 10.1 Å². The summed E-state index contributed by atoms with van der Waals surface area (Å²) in [5, 5.41) is 16.3. The first-order chi connectivity index (χ1) is 13.1. The van der Waals surface area contributed by atoms with E-state index in [9.17, 15) is 14.9 Å². The normalized spacial score (nSPS) is 10.4. The molecule has 1 N–H and O–H groups in total. The van der Waals surface area contributed by atoms with Crippen LogP contribution in [0.15, 0.2) is 53.9 Å². The molecule has 0 fully saturated rings. The maximum absolute atomic E-state index is 12.1. The van der Waals surface area contributed by atoms with E-state index in [4.69, 9.17) is 4.74 Å². The molecule has 1 heterocycles. The summed E-state index contributed by atoms with van der Waals surface area (Å²) in [5.74, 6) is 0.528. The number of carbonyl (C=O) groups excluding carboxylic acids is 1. The molecule has 7 nitrogen and oxygen atoms in total. The fraction of sp³-hybridized carbons (Fsp3) is 0.158. The Kier molecular flexibility index (Phi) is 5.77. The van der Waals surface area contributed by atoms with E-state index in [1.54, 1.807) is 7.11 Å². The predicted molar refractivity (Wildman–Crippen MR) is 103 cm³/mol. The lowest BCUT2D eigenvalue weighted by Crippen LogP contribution is -2.25. The zero-order valence-electron chi connectivity index (χ0n) is 14.5. The average Bonchev–Trinajstić information content (AvgIpc) is 3.17. The number of benzene rings is 2. The number of hydrogen-bond donors (Lipinski definition) is 1. The Hall–Kier alpha value is -3.26. The number of nitro groups is 1. The van der Waals surface area contributed by atoms with Crippen molar-refractivity contribution in [2.75, 3.05) is 13.7 Å². The van der Waals surface area contributed by atoms with E-state index < -0.39 is 4.92 Å². The van der Waals surface area contributed by atoms with Crippen LogP contribution in [0.2, 0.25) is 0 Å². The number of nitro benzene ring substituents is 1. The summed E-state index contributed by atoms with van der Waals surface area (Å²) in [6, 6.07) is 13.2. The van der Waals surface area contributed by atoms with Crippen LogP contribution in [0.5, 0.6) is 5.75 Å². The minimum Gasteiger partial charge on any atom is -0.497 e. The van der Waals surface area contributed by atoms with Crippen molar-refractivity contribution in [3.63, 3.8) is 0 Å². The Bertz CT molecular complexity index is 936. The lowest BCUT2D eigenvalue weighted by Gasteiger charge is -2.04. The molecule has 0 atom stereocenters. The highest BCUT2D eigenvalue weighted by Crippen LogP contribution is 2.24. The number of carbonyl (C=O) groups is 1. The average molecular weight is 383 g/mol. The number of aromatic nitrogens is 1. The van der Waals surface area contributed by atoms with Crippen LogP contribution in [-0.4, -0.2) is 29.5 Å². The second-order valence-corrected chi connectivity index (χ2v) is 6.61. The predicted octanol–water partition coefficient (Wildman–Crippen LogP) is 3.70. The Balaban J connectivity index is 1.53. The quantitative estimate of drug-likeness (QED) is 0.496. The first-order valence-corrected chi connectivity index (χ1v) is 9.06. The Morgan fingerprint density at radius 2 is 1.89 bits per heavy atom. The van der Waals surface area contributed by atoms with E-state index in [0.29, 0.717) is 18.5 Å². The van der Waals surface area contributed by atoms with Crippen molar-refractivity contribution in [2.45, 2.75) is 6.42 Å². The fourth-order valence-electron chi connectivity index (χ4n) is 2.44. The van der Waals surface area contributed by atoms with Crippen LogP contribution in [0.1, 0.15) is 15.4 Å². The summed E-state index contributed by atoms with van der Waals surface area (Å²) in [5.41, 5.74) is 2.24. The van der Waals surface area contributed by atoms with E-state index in [1.807, 2.05) is 29.6 Å². The van der Waals surface area contributed by atoms with Crippen LogP contribution in [0.25, 0.3) is 11.3 Å². The molecule has 0 aliphatic heterocycles. The Morgan fingerprint density at radius 1 is 1.19 bits per heavy atom. The van der Waals surface area contributed by atoms with Gasteiger partial charge in [-0.1, -0.05) is 0 Å². The highest BCUT2D eigenvalue weighted by molar-refractivity contribution is 7.09. The Morgan fingerprint density at radius 3 is 2.52 bits per heavy atom. The molecule has 0 saturated heterocycles. The molecule has 1 amide bonds. The number of non-ortho nitro benzene ring substituents is 1. The molecule has 0 spiro atoms. The summed E-state index contributed by atoms with van der Waals surface area (Å²) < 4.78 is 5.15. The molecule has 3 rings (SSSR count). The van der Waals surface area contributed by atoms with Crippen molar-refractivity contribution in [1.29, 1.82) is 0 Å². The first kappa shape index (κ1) is 18.5. The largest absolute Gasteiger partial charge is 0.497 e. The monoisotopic (exact) mass is 383 g/mol. The minimum atomic E-state index is -0.495. The van der Waals surface area contributed by atoms with Gasteiger partial charge in [-0.2, -0.15) is 0 Å². The van der Waals surface area contributed by atoms with Crippen molar-refractivity contribution in [3.05, 3.63) is 74.6 Å². The van der Waals surface area contributed by atoms with Gasteiger partial charge >= 0.3 is 0 Å². The van der Waals surface area contributed by atoms with E-state index in [1.165, 1.54) is 35.6 Å². The van der Waals surface area contributed by atoms with Crippen molar-refractivity contribution in [2.24, 2.45) is 0 Å². The molecular formula is C19H17N3O4S. The second-order valence-electron chi connectivity index (χ2n) is 5.66. The molecule has 1 aromatic heterocycles. The van der Waals surface area contributed by atoms with Gasteiger partial charge in [0.05, 0.1) is 22.7 Å². The molecule has 0 unspecified atom stereocenters. The van der Waals surface area contributed by atoms with Gasteiger partial charge < -0.3 is 10.1 Å². The zero-order valence-corrected chi connectivity index (χ0v) is 15.4. The van der Waals surface area contributed by atoms with Gasteiger partial charge in [-0.05, 0) is 36.4 Å². The number of rotatable bonds is 7. The molecule has 138 valence electrons. The lowest BCUT2D eigenvalue weighted by atomic mass is 10.2. The third-order valence-corrected chi connectivity index (χ3v) is 4.81. The summed E-state index contributed by atoms with van der Waals surface area (Å²) >= 11 is 1.54. The molecule has 27 heavy (non-hydrogen) atoms. The highest BCUT2D eigenvalue weighted by Gasteiger charge is 2.10. The number of hydrogen-bond acceptors (Lipinski definition) is 6. The third kappa shape index (κ3) is 4.68. The smallest absolute Gasteiger partial charge is 0.269 e. The number of nitrogens with one attached hydrogen (secondary N) is 1. The zero-order chi connectivity index (χ0) is 19.2. The lowest BCUT2D eigenvalue weighted by molar-refractivity contribution is -0.384. The molecular weight excluding hydrogens is 366 g/mol. The van der Waals surface area contributed by atoms with E-state index >= 15 is 0 Å². The second kappa shape index (κ2) is 8.41. The van der Waals surface area contributed by atoms with Crippen LogP contribution in [0.3, 0.4) is 0 Å². The number of ether oxygens (including phenoxy) is 1. The van der Waals surface area contributed by atoms with Crippen LogP contribution in [0.4, 0.5) is 5.69 Å². The van der Waals surface area contributed by atoms with Gasteiger partial charge in [-0.3, -0.25) is 14.9 Å². The molecule has 3 aromatic rings. The van der Waals surface area contributed by atoms with Gasteiger partial charge in [-0.25, -0.2) is 4.98 Å². The van der Waals surface area contributed by atoms with E-state index in [2.05, 4.69) is 10.3 Å². The van der Waals surface area contributed by atoms with Crippen LogP contribution in [-0.2, 0) is 6.42 Å². The molecule has 0 bridgehead atoms. The van der Waals surface area contributed by atoms with Gasteiger partial charge in [-0.15, -0.1) is 11.3 Å². The maximum atomic E-state index is 12.1.